The number of thiophene rings is 1. The van der Waals surface area contributed by atoms with E-state index in [2.05, 4.69) is 42.7 Å². The van der Waals surface area contributed by atoms with Crippen LogP contribution in [0.3, 0.4) is 0 Å². The average molecular weight is 319 g/mol. The Labute approximate surface area is 137 Å². The highest BCUT2D eigenvalue weighted by Crippen LogP contribution is 2.31. The third-order valence-electron chi connectivity index (χ3n) is 3.59. The zero-order valence-corrected chi connectivity index (χ0v) is 14.8. The molecule has 2 rings (SSSR count). The number of aryl methyl sites for hydroxylation is 1. The lowest BCUT2D eigenvalue weighted by Crippen LogP contribution is -2.18. The molecule has 0 aliphatic heterocycles. The van der Waals surface area contributed by atoms with Gasteiger partial charge in [-0.05, 0) is 62.4 Å². The van der Waals surface area contributed by atoms with E-state index in [4.69, 9.17) is 9.47 Å². The molecule has 0 aliphatic rings. The van der Waals surface area contributed by atoms with Crippen LogP contribution in [0.4, 0.5) is 0 Å². The monoisotopic (exact) mass is 319 g/mol. The quantitative estimate of drug-likeness (QED) is 0.802. The van der Waals surface area contributed by atoms with Crippen LogP contribution in [-0.4, -0.2) is 13.2 Å². The first-order chi connectivity index (χ1) is 10.5. The molecule has 0 radical (unpaired) electrons. The summed E-state index contributed by atoms with van der Waals surface area (Å²) in [7, 11) is 1.68. The second kappa shape index (κ2) is 7.65. The molecule has 1 unspecified atom stereocenters. The third kappa shape index (κ3) is 4.24. The van der Waals surface area contributed by atoms with Gasteiger partial charge >= 0.3 is 0 Å². The van der Waals surface area contributed by atoms with Gasteiger partial charge in [-0.15, -0.1) is 11.3 Å². The van der Waals surface area contributed by atoms with Crippen LogP contribution in [0.25, 0.3) is 0 Å². The van der Waals surface area contributed by atoms with Crippen LogP contribution in [0.5, 0.6) is 11.5 Å². The highest BCUT2D eigenvalue weighted by molar-refractivity contribution is 7.10. The molecule has 1 heterocycles. The number of nitrogens with one attached hydrogen (secondary N) is 1. The number of ether oxygens (including phenoxy) is 2. The largest absolute Gasteiger partial charge is 0.493 e. The highest BCUT2D eigenvalue weighted by Gasteiger charge is 2.12. The maximum absolute atomic E-state index is 5.76. The zero-order chi connectivity index (χ0) is 16.1. The van der Waals surface area contributed by atoms with Gasteiger partial charge in [0.1, 0.15) is 0 Å². The molecule has 2 aromatic rings. The van der Waals surface area contributed by atoms with E-state index in [9.17, 15) is 0 Å². The molecule has 1 aromatic heterocycles. The molecule has 3 nitrogen and oxygen atoms in total. The first-order valence-electron chi connectivity index (χ1n) is 7.62. The molecule has 120 valence electrons. The van der Waals surface area contributed by atoms with E-state index in [0.29, 0.717) is 0 Å². The van der Waals surface area contributed by atoms with Crippen molar-refractivity contribution in [3.63, 3.8) is 0 Å². The summed E-state index contributed by atoms with van der Waals surface area (Å²) < 4.78 is 11.2. The van der Waals surface area contributed by atoms with Crippen molar-refractivity contribution in [3.8, 4) is 11.5 Å². The van der Waals surface area contributed by atoms with Crippen molar-refractivity contribution in [2.75, 3.05) is 7.11 Å². The van der Waals surface area contributed by atoms with E-state index in [1.165, 1.54) is 16.0 Å². The fourth-order valence-electron chi connectivity index (χ4n) is 2.25. The predicted molar refractivity (Wildman–Crippen MR) is 93.1 cm³/mol. The Kier molecular flexibility index (Phi) is 5.86. The lowest BCUT2D eigenvalue weighted by molar-refractivity contribution is 0.230. The molecular weight excluding hydrogens is 294 g/mol. The minimum Gasteiger partial charge on any atom is -0.493 e. The van der Waals surface area contributed by atoms with Gasteiger partial charge in [0.2, 0.25) is 0 Å². The second-order valence-corrected chi connectivity index (χ2v) is 6.71. The standard InChI is InChI=1S/C18H25NO2S/c1-12(2)21-16-7-6-15(10-17(16)20-5)14(4)19-11-18-13(3)8-9-22-18/h6-10,12,14,19H,11H2,1-5H3. The van der Waals surface area contributed by atoms with Crippen LogP contribution in [0, 0.1) is 6.92 Å². The molecule has 0 saturated carbocycles. The van der Waals surface area contributed by atoms with Gasteiger partial charge in [-0.1, -0.05) is 6.07 Å². The van der Waals surface area contributed by atoms with Crippen LogP contribution < -0.4 is 14.8 Å². The predicted octanol–water partition coefficient (Wildman–Crippen LogP) is 4.70. The summed E-state index contributed by atoms with van der Waals surface area (Å²) in [6.45, 7) is 9.24. The first-order valence-corrected chi connectivity index (χ1v) is 8.50. The average Bonchev–Trinajstić information content (AvgIpc) is 2.90. The summed E-state index contributed by atoms with van der Waals surface area (Å²) in [5.74, 6) is 1.58. The second-order valence-electron chi connectivity index (χ2n) is 5.71. The van der Waals surface area contributed by atoms with E-state index >= 15 is 0 Å². The van der Waals surface area contributed by atoms with Gasteiger partial charge in [-0.25, -0.2) is 0 Å². The fourth-order valence-corrected chi connectivity index (χ4v) is 3.11. The minimum absolute atomic E-state index is 0.136. The maximum atomic E-state index is 5.76. The summed E-state index contributed by atoms with van der Waals surface area (Å²) >= 11 is 1.80. The molecule has 0 amide bonds. The number of hydrogen-bond donors (Lipinski definition) is 1. The van der Waals surface area contributed by atoms with Gasteiger partial charge in [0, 0.05) is 17.5 Å². The van der Waals surface area contributed by atoms with Crippen LogP contribution in [0.1, 0.15) is 42.8 Å². The molecule has 22 heavy (non-hydrogen) atoms. The smallest absolute Gasteiger partial charge is 0.161 e. The van der Waals surface area contributed by atoms with Crippen molar-refractivity contribution in [2.24, 2.45) is 0 Å². The SMILES string of the molecule is COc1cc(C(C)NCc2sccc2C)ccc1OC(C)C. The molecule has 4 heteroatoms. The van der Waals surface area contributed by atoms with Crippen LogP contribution in [-0.2, 0) is 6.54 Å². The van der Waals surface area contributed by atoms with Crippen molar-refractivity contribution in [1.82, 2.24) is 5.32 Å². The Hall–Kier alpha value is -1.52. The molecule has 1 N–H and O–H groups in total. The maximum Gasteiger partial charge on any atom is 0.161 e. The summed E-state index contributed by atoms with van der Waals surface area (Å²) in [6.07, 6.45) is 0.136. The first kappa shape index (κ1) is 16.8. The number of hydrogen-bond acceptors (Lipinski definition) is 4. The van der Waals surface area contributed by atoms with E-state index in [1.54, 1.807) is 18.4 Å². The summed E-state index contributed by atoms with van der Waals surface area (Å²) in [4.78, 5) is 1.39. The van der Waals surface area contributed by atoms with Crippen molar-refractivity contribution in [2.45, 2.75) is 46.4 Å². The molecule has 0 bridgehead atoms. The van der Waals surface area contributed by atoms with Crippen molar-refractivity contribution in [1.29, 1.82) is 0 Å². The zero-order valence-electron chi connectivity index (χ0n) is 14.0. The van der Waals surface area contributed by atoms with E-state index < -0.39 is 0 Å². The van der Waals surface area contributed by atoms with E-state index in [-0.39, 0.29) is 12.1 Å². The Morgan fingerprint density at radius 3 is 2.50 bits per heavy atom. The van der Waals surface area contributed by atoms with Crippen molar-refractivity contribution < 1.29 is 9.47 Å². The number of methoxy groups -OCH3 is 1. The molecule has 0 spiro atoms. The van der Waals surface area contributed by atoms with Crippen LogP contribution >= 0.6 is 11.3 Å². The van der Waals surface area contributed by atoms with Gasteiger partial charge in [0.25, 0.3) is 0 Å². The Balaban J connectivity index is 2.06. The normalized spacial score (nSPS) is 12.5. The number of rotatable bonds is 7. The Morgan fingerprint density at radius 1 is 1.14 bits per heavy atom. The topological polar surface area (TPSA) is 30.5 Å². The van der Waals surface area contributed by atoms with Gasteiger partial charge in [0.15, 0.2) is 11.5 Å². The fraction of sp³-hybridized carbons (Fsp3) is 0.444. The third-order valence-corrected chi connectivity index (χ3v) is 4.61. The molecular formula is C18H25NO2S. The van der Waals surface area contributed by atoms with Crippen molar-refractivity contribution in [3.05, 3.63) is 45.6 Å². The van der Waals surface area contributed by atoms with Crippen LogP contribution in [0.2, 0.25) is 0 Å². The summed E-state index contributed by atoms with van der Waals surface area (Å²) in [5, 5.41) is 5.70. The van der Waals surface area contributed by atoms with Gasteiger partial charge in [-0.3, -0.25) is 0 Å². The van der Waals surface area contributed by atoms with Gasteiger partial charge in [0.05, 0.1) is 13.2 Å². The van der Waals surface area contributed by atoms with Gasteiger partial charge in [-0.2, -0.15) is 0 Å². The Bertz CT molecular complexity index is 607. The molecule has 0 saturated heterocycles. The van der Waals surface area contributed by atoms with Crippen LogP contribution in [0.15, 0.2) is 29.6 Å². The number of benzene rings is 1. The lowest BCUT2D eigenvalue weighted by atomic mass is 10.1. The Morgan fingerprint density at radius 2 is 1.91 bits per heavy atom. The van der Waals surface area contributed by atoms with Crippen molar-refractivity contribution >= 4 is 11.3 Å². The lowest BCUT2D eigenvalue weighted by Gasteiger charge is -2.18. The molecule has 1 atom stereocenters. The molecule has 1 aromatic carbocycles. The molecule has 0 aliphatic carbocycles. The summed E-state index contributed by atoms with van der Waals surface area (Å²) in [6, 6.07) is 8.55. The highest BCUT2D eigenvalue weighted by atomic mass is 32.1. The van der Waals surface area contributed by atoms with Gasteiger partial charge < -0.3 is 14.8 Å². The van der Waals surface area contributed by atoms with E-state index in [1.807, 2.05) is 19.9 Å². The molecule has 0 fully saturated rings. The summed E-state index contributed by atoms with van der Waals surface area (Å²) in [5.41, 5.74) is 2.55. The van der Waals surface area contributed by atoms with E-state index in [0.717, 1.165) is 18.0 Å². The minimum atomic E-state index is 0.136.